The summed E-state index contributed by atoms with van der Waals surface area (Å²) in [6, 6.07) is 6.56. The van der Waals surface area contributed by atoms with Gasteiger partial charge in [-0.25, -0.2) is 0 Å². The molecule has 0 aliphatic heterocycles. The van der Waals surface area contributed by atoms with Crippen molar-refractivity contribution in [2.75, 3.05) is 0 Å². The predicted octanol–water partition coefficient (Wildman–Crippen LogP) is 3.87. The molecule has 0 saturated heterocycles. The van der Waals surface area contributed by atoms with Crippen LogP contribution in [-0.2, 0) is 8.86 Å². The minimum atomic E-state index is 1.12. The van der Waals surface area contributed by atoms with Crippen molar-refractivity contribution in [2.45, 2.75) is 15.8 Å². The first-order valence-electron chi connectivity index (χ1n) is 3.49. The third-order valence-corrected chi connectivity index (χ3v) is 3.49. The van der Waals surface area contributed by atoms with E-state index in [9.17, 15) is 0 Å². The van der Waals surface area contributed by atoms with Gasteiger partial charge in [-0.2, -0.15) is 0 Å². The molecular weight excluding hydrogens is 362 g/mol. The van der Waals surface area contributed by atoms with Crippen LogP contribution in [0.2, 0.25) is 0 Å². The van der Waals surface area contributed by atoms with Crippen molar-refractivity contribution in [1.82, 2.24) is 0 Å². The van der Waals surface area contributed by atoms with E-state index in [4.69, 9.17) is 0 Å². The van der Waals surface area contributed by atoms with Gasteiger partial charge in [-0.15, -0.1) is 0 Å². The lowest BCUT2D eigenvalue weighted by Crippen LogP contribution is -1.89. The molecule has 0 atom stereocenters. The molecule has 0 spiro atoms. The van der Waals surface area contributed by atoms with Crippen LogP contribution >= 0.6 is 45.2 Å². The first kappa shape index (κ1) is 9.77. The maximum atomic E-state index is 2.41. The highest BCUT2D eigenvalue weighted by molar-refractivity contribution is 14.1. The Morgan fingerprint density at radius 3 is 1.91 bits per heavy atom. The van der Waals surface area contributed by atoms with Crippen LogP contribution in [0.4, 0.5) is 0 Å². The molecule has 1 aromatic carbocycles. The van der Waals surface area contributed by atoms with Gasteiger partial charge in [-0.3, -0.25) is 0 Å². The van der Waals surface area contributed by atoms with Gasteiger partial charge < -0.3 is 0 Å². The van der Waals surface area contributed by atoms with Crippen LogP contribution in [0.1, 0.15) is 16.7 Å². The van der Waals surface area contributed by atoms with Crippen molar-refractivity contribution in [3.05, 3.63) is 34.9 Å². The fraction of sp³-hybridized carbons (Fsp3) is 0.333. The van der Waals surface area contributed by atoms with Gasteiger partial charge in [0.1, 0.15) is 0 Å². The van der Waals surface area contributed by atoms with E-state index in [1.807, 2.05) is 0 Å². The van der Waals surface area contributed by atoms with Crippen LogP contribution in [0.3, 0.4) is 0 Å². The molecule has 2 heteroatoms. The summed E-state index contributed by atoms with van der Waals surface area (Å²) in [6.45, 7) is 2.21. The quantitative estimate of drug-likeness (QED) is 0.547. The Balaban J connectivity index is 3.10. The summed E-state index contributed by atoms with van der Waals surface area (Å²) < 4.78 is 2.24. The zero-order valence-electron chi connectivity index (χ0n) is 6.40. The summed E-state index contributed by atoms with van der Waals surface area (Å²) in [5.74, 6) is 0. The van der Waals surface area contributed by atoms with Gasteiger partial charge in [-0.1, -0.05) is 63.4 Å². The van der Waals surface area contributed by atoms with E-state index in [-0.39, 0.29) is 0 Å². The number of alkyl halides is 2. The number of hydrogen-bond donors (Lipinski definition) is 0. The lowest BCUT2D eigenvalue weighted by atomic mass is 10.1. The maximum Gasteiger partial charge on any atom is 0.0249 e. The van der Waals surface area contributed by atoms with Crippen LogP contribution in [0.15, 0.2) is 18.2 Å². The second-order valence-electron chi connectivity index (χ2n) is 2.47. The molecular formula is C9H10I2. The van der Waals surface area contributed by atoms with Crippen LogP contribution in [-0.4, -0.2) is 0 Å². The minimum absolute atomic E-state index is 1.12. The number of benzene rings is 1. The fourth-order valence-corrected chi connectivity index (χ4v) is 2.68. The summed E-state index contributed by atoms with van der Waals surface area (Å²) >= 11 is 4.82. The van der Waals surface area contributed by atoms with Crippen molar-refractivity contribution in [2.24, 2.45) is 0 Å². The lowest BCUT2D eigenvalue weighted by molar-refractivity contribution is 1.26. The van der Waals surface area contributed by atoms with Crippen LogP contribution in [0.25, 0.3) is 0 Å². The Kier molecular flexibility index (Phi) is 4.12. The second-order valence-corrected chi connectivity index (χ2v) is 3.99. The Morgan fingerprint density at radius 1 is 1.09 bits per heavy atom. The van der Waals surface area contributed by atoms with Crippen LogP contribution < -0.4 is 0 Å². The molecule has 0 unspecified atom stereocenters. The van der Waals surface area contributed by atoms with E-state index < -0.39 is 0 Å². The first-order chi connectivity index (χ1) is 5.29. The normalized spacial score (nSPS) is 10.1. The molecule has 0 radical (unpaired) electrons. The summed E-state index contributed by atoms with van der Waals surface area (Å²) in [7, 11) is 0. The average Bonchev–Trinajstić information content (AvgIpc) is 2.05. The van der Waals surface area contributed by atoms with Crippen LogP contribution in [0, 0.1) is 6.92 Å². The average molecular weight is 372 g/mol. The van der Waals surface area contributed by atoms with Gasteiger partial charge in [0.2, 0.25) is 0 Å². The van der Waals surface area contributed by atoms with E-state index in [2.05, 4.69) is 70.3 Å². The van der Waals surface area contributed by atoms with Crippen molar-refractivity contribution in [3.63, 3.8) is 0 Å². The fourth-order valence-electron chi connectivity index (χ4n) is 1.03. The molecule has 0 aliphatic carbocycles. The molecule has 0 aromatic heterocycles. The highest BCUT2D eigenvalue weighted by atomic mass is 127. The Morgan fingerprint density at radius 2 is 1.55 bits per heavy atom. The molecule has 1 aromatic rings. The summed E-state index contributed by atoms with van der Waals surface area (Å²) in [6.07, 6.45) is 0. The van der Waals surface area contributed by atoms with Gasteiger partial charge >= 0.3 is 0 Å². The molecule has 1 rings (SSSR count). The molecule has 0 N–H and O–H groups in total. The van der Waals surface area contributed by atoms with Crippen molar-refractivity contribution in [3.8, 4) is 0 Å². The van der Waals surface area contributed by atoms with E-state index in [1.165, 1.54) is 16.7 Å². The first-order valence-corrected chi connectivity index (χ1v) is 6.54. The third kappa shape index (κ3) is 2.31. The standard InChI is InChI=1S/C9H10I2/c1-7-8(5-10)3-2-4-9(7)6-11/h2-4H,5-6H2,1H3. The Hall–Kier alpha value is 0.680. The minimum Gasteiger partial charge on any atom is -0.0812 e. The smallest absolute Gasteiger partial charge is 0.0249 e. The number of halogens is 2. The Labute approximate surface area is 95.0 Å². The topological polar surface area (TPSA) is 0 Å². The molecule has 0 aliphatic rings. The molecule has 0 amide bonds. The summed E-state index contributed by atoms with van der Waals surface area (Å²) in [4.78, 5) is 0. The van der Waals surface area contributed by atoms with Crippen molar-refractivity contribution in [1.29, 1.82) is 0 Å². The predicted molar refractivity (Wildman–Crippen MR) is 66.6 cm³/mol. The van der Waals surface area contributed by atoms with E-state index >= 15 is 0 Å². The van der Waals surface area contributed by atoms with Gasteiger partial charge in [0, 0.05) is 8.86 Å². The highest BCUT2D eigenvalue weighted by Gasteiger charge is 1.99. The van der Waals surface area contributed by atoms with E-state index in [0.717, 1.165) is 8.86 Å². The molecule has 11 heavy (non-hydrogen) atoms. The number of hydrogen-bond acceptors (Lipinski definition) is 0. The van der Waals surface area contributed by atoms with Gasteiger partial charge in [-0.05, 0) is 23.6 Å². The Bertz CT molecular complexity index is 221. The second kappa shape index (κ2) is 4.64. The largest absolute Gasteiger partial charge is 0.0812 e. The summed E-state index contributed by atoms with van der Waals surface area (Å²) in [5.41, 5.74) is 4.41. The number of rotatable bonds is 2. The molecule has 60 valence electrons. The van der Waals surface area contributed by atoms with Crippen molar-refractivity contribution < 1.29 is 0 Å². The van der Waals surface area contributed by atoms with Crippen LogP contribution in [0.5, 0.6) is 0 Å². The maximum absolute atomic E-state index is 2.41. The zero-order chi connectivity index (χ0) is 8.27. The third-order valence-electron chi connectivity index (χ3n) is 1.85. The van der Waals surface area contributed by atoms with E-state index in [1.54, 1.807) is 0 Å². The SMILES string of the molecule is Cc1c(CI)cccc1CI. The molecule has 0 bridgehead atoms. The van der Waals surface area contributed by atoms with Gasteiger partial charge in [0.15, 0.2) is 0 Å². The highest BCUT2D eigenvalue weighted by Crippen LogP contribution is 2.18. The lowest BCUT2D eigenvalue weighted by Gasteiger charge is -2.05. The van der Waals surface area contributed by atoms with Gasteiger partial charge in [0.05, 0.1) is 0 Å². The molecule has 0 nitrogen and oxygen atoms in total. The van der Waals surface area contributed by atoms with Gasteiger partial charge in [0.25, 0.3) is 0 Å². The molecule has 0 saturated carbocycles. The zero-order valence-corrected chi connectivity index (χ0v) is 10.7. The monoisotopic (exact) mass is 372 g/mol. The van der Waals surface area contributed by atoms with Crippen molar-refractivity contribution >= 4 is 45.2 Å². The van der Waals surface area contributed by atoms with E-state index in [0.29, 0.717) is 0 Å². The summed E-state index contributed by atoms with van der Waals surface area (Å²) in [5, 5.41) is 0. The molecule has 0 fully saturated rings. The molecule has 0 heterocycles.